The average Bonchev–Trinajstić information content (AvgIpc) is 2.71. The van der Waals surface area contributed by atoms with Crippen molar-refractivity contribution in [3.8, 4) is 0 Å². The van der Waals surface area contributed by atoms with Gasteiger partial charge in [0.2, 0.25) is 0 Å². The van der Waals surface area contributed by atoms with Crippen LogP contribution in [0.3, 0.4) is 0 Å². The smallest absolute Gasteiger partial charge is 0.334 e. The van der Waals surface area contributed by atoms with Gasteiger partial charge in [-0.3, -0.25) is 14.6 Å². The maximum atomic E-state index is 14.1. The van der Waals surface area contributed by atoms with Crippen LogP contribution in [0.1, 0.15) is 36.8 Å². The molecule has 7 nitrogen and oxygen atoms in total. The lowest BCUT2D eigenvalue weighted by molar-refractivity contribution is -0.167. The molecule has 152 valence electrons. The summed E-state index contributed by atoms with van der Waals surface area (Å²) in [5, 5.41) is 4.03. The maximum absolute atomic E-state index is 14.1. The number of methoxy groups -OCH3 is 1. The summed E-state index contributed by atoms with van der Waals surface area (Å²) < 4.78 is 18.6. The zero-order chi connectivity index (χ0) is 20.7. The minimum Gasteiger partial charge on any atom is -0.467 e. The SMILES string of the molecule is CC.COC(=O)CON1CCc2cncc(Nc3ccc(C)cc3F)c2C1=O.[HH]. The van der Waals surface area contributed by atoms with Crippen LogP contribution in [0.25, 0.3) is 0 Å². The van der Waals surface area contributed by atoms with Gasteiger partial charge in [-0.1, -0.05) is 19.9 Å². The molecular weight excluding hydrogens is 365 g/mol. The Kier molecular flexibility index (Phi) is 7.45. The van der Waals surface area contributed by atoms with Crippen LogP contribution >= 0.6 is 0 Å². The van der Waals surface area contributed by atoms with E-state index in [9.17, 15) is 14.0 Å². The van der Waals surface area contributed by atoms with Gasteiger partial charge in [-0.15, -0.1) is 0 Å². The van der Waals surface area contributed by atoms with E-state index in [0.717, 1.165) is 16.2 Å². The zero-order valence-corrected chi connectivity index (χ0v) is 16.4. The van der Waals surface area contributed by atoms with Crippen molar-refractivity contribution in [2.75, 3.05) is 25.6 Å². The fourth-order valence-electron chi connectivity index (χ4n) is 2.67. The summed E-state index contributed by atoms with van der Waals surface area (Å²) in [6, 6.07) is 4.77. The van der Waals surface area contributed by atoms with Gasteiger partial charge in [0, 0.05) is 7.62 Å². The van der Waals surface area contributed by atoms with Crippen LogP contribution in [0.5, 0.6) is 0 Å². The normalized spacial score (nSPS) is 12.6. The van der Waals surface area contributed by atoms with Crippen molar-refractivity contribution >= 4 is 23.3 Å². The summed E-state index contributed by atoms with van der Waals surface area (Å²) in [6.45, 7) is 5.71. The van der Waals surface area contributed by atoms with Gasteiger partial charge in [0.05, 0.1) is 36.8 Å². The third-order valence-corrected chi connectivity index (χ3v) is 4.01. The first-order valence-corrected chi connectivity index (χ1v) is 9.01. The number of aryl methyl sites for hydroxylation is 1. The highest BCUT2D eigenvalue weighted by atomic mass is 19.1. The third-order valence-electron chi connectivity index (χ3n) is 4.01. The van der Waals surface area contributed by atoms with Crippen LogP contribution in [0.15, 0.2) is 30.6 Å². The summed E-state index contributed by atoms with van der Waals surface area (Å²) in [5.41, 5.74) is 2.48. The Morgan fingerprint density at radius 2 is 2.07 bits per heavy atom. The van der Waals surface area contributed by atoms with Gasteiger partial charge in [0.1, 0.15) is 5.82 Å². The molecule has 0 saturated carbocycles. The minimum atomic E-state index is -0.585. The van der Waals surface area contributed by atoms with Gasteiger partial charge in [-0.2, -0.15) is 0 Å². The number of fused-ring (bicyclic) bond motifs is 1. The summed E-state index contributed by atoms with van der Waals surface area (Å²) >= 11 is 0. The summed E-state index contributed by atoms with van der Waals surface area (Å²) in [5.74, 6) is -1.43. The number of ether oxygens (including phenoxy) is 1. The second-order valence-electron chi connectivity index (χ2n) is 5.84. The molecule has 0 bridgehead atoms. The number of rotatable bonds is 5. The molecule has 1 amide bonds. The number of halogens is 1. The van der Waals surface area contributed by atoms with Crippen molar-refractivity contribution in [3.05, 3.63) is 53.1 Å². The third kappa shape index (κ3) is 4.83. The number of benzene rings is 1. The van der Waals surface area contributed by atoms with Crippen LogP contribution in [-0.4, -0.2) is 42.2 Å². The Bertz CT molecular complexity index is 864. The quantitative estimate of drug-likeness (QED) is 0.784. The first-order valence-electron chi connectivity index (χ1n) is 9.01. The van der Waals surface area contributed by atoms with E-state index in [1.165, 1.54) is 19.4 Å². The molecule has 1 N–H and O–H groups in total. The molecule has 2 aromatic rings. The number of esters is 1. The number of amides is 1. The van der Waals surface area contributed by atoms with Crippen molar-refractivity contribution < 1.29 is 25.0 Å². The molecule has 8 heteroatoms. The second-order valence-corrected chi connectivity index (χ2v) is 5.84. The lowest BCUT2D eigenvalue weighted by atomic mass is 10.0. The van der Waals surface area contributed by atoms with E-state index in [-0.39, 0.29) is 20.3 Å². The Hall–Kier alpha value is -3.00. The molecule has 28 heavy (non-hydrogen) atoms. The van der Waals surface area contributed by atoms with Crippen molar-refractivity contribution in [1.29, 1.82) is 0 Å². The predicted octanol–water partition coefficient (Wildman–Crippen LogP) is 3.65. The molecule has 0 unspecified atom stereocenters. The molecule has 1 aliphatic rings. The average molecular weight is 391 g/mol. The predicted molar refractivity (Wildman–Crippen MR) is 105 cm³/mol. The summed E-state index contributed by atoms with van der Waals surface area (Å²) in [7, 11) is 1.24. The molecule has 1 aromatic carbocycles. The van der Waals surface area contributed by atoms with Gasteiger partial charge in [-0.05, 0) is 36.6 Å². The number of carbonyl (C=O) groups excluding carboxylic acids is 2. The number of nitrogens with one attached hydrogen (secondary N) is 1. The van der Waals surface area contributed by atoms with Crippen LogP contribution in [-0.2, 0) is 20.8 Å². The number of hydroxylamine groups is 2. The van der Waals surface area contributed by atoms with Crippen molar-refractivity contribution in [2.45, 2.75) is 27.2 Å². The van der Waals surface area contributed by atoms with E-state index in [0.29, 0.717) is 17.7 Å². The van der Waals surface area contributed by atoms with Gasteiger partial charge < -0.3 is 10.1 Å². The molecule has 3 rings (SSSR count). The molecule has 0 spiro atoms. The molecule has 0 saturated heterocycles. The molecule has 0 radical (unpaired) electrons. The topological polar surface area (TPSA) is 80.8 Å². The van der Waals surface area contributed by atoms with E-state index in [2.05, 4.69) is 15.0 Å². The zero-order valence-electron chi connectivity index (χ0n) is 16.4. The van der Waals surface area contributed by atoms with Crippen LogP contribution in [0.4, 0.5) is 15.8 Å². The number of aromatic nitrogens is 1. The Morgan fingerprint density at radius 3 is 2.75 bits per heavy atom. The van der Waals surface area contributed by atoms with Gasteiger partial charge >= 0.3 is 5.97 Å². The van der Waals surface area contributed by atoms with E-state index in [1.807, 2.05) is 13.8 Å². The summed E-state index contributed by atoms with van der Waals surface area (Å²) in [6.07, 6.45) is 3.56. The largest absolute Gasteiger partial charge is 0.467 e. The number of nitrogens with zero attached hydrogens (tertiary/aromatic N) is 2. The van der Waals surface area contributed by atoms with Crippen molar-refractivity contribution in [1.82, 2.24) is 10.0 Å². The first kappa shape index (κ1) is 21.3. The molecule has 0 fully saturated rings. The summed E-state index contributed by atoms with van der Waals surface area (Å²) in [4.78, 5) is 33.3. The molecule has 1 aromatic heterocycles. The van der Waals surface area contributed by atoms with Gasteiger partial charge in [-0.25, -0.2) is 14.2 Å². The molecule has 0 aliphatic carbocycles. The Balaban J connectivity index is 0.00000136. The fourth-order valence-corrected chi connectivity index (χ4v) is 2.67. The van der Waals surface area contributed by atoms with Crippen LogP contribution < -0.4 is 5.32 Å². The van der Waals surface area contributed by atoms with Gasteiger partial charge in [0.15, 0.2) is 6.61 Å². The highest BCUT2D eigenvalue weighted by molar-refractivity contribution is 6.02. The van der Waals surface area contributed by atoms with E-state index < -0.39 is 17.7 Å². The van der Waals surface area contributed by atoms with Crippen molar-refractivity contribution in [3.63, 3.8) is 0 Å². The van der Waals surface area contributed by atoms with Crippen LogP contribution in [0, 0.1) is 12.7 Å². The number of hydrogen-bond donors (Lipinski definition) is 1. The number of anilines is 2. The molecule has 2 heterocycles. The van der Waals surface area contributed by atoms with E-state index >= 15 is 0 Å². The molecule has 1 aliphatic heterocycles. The fraction of sp³-hybridized carbons (Fsp3) is 0.350. The monoisotopic (exact) mass is 391 g/mol. The van der Waals surface area contributed by atoms with Crippen molar-refractivity contribution in [2.24, 2.45) is 0 Å². The lowest BCUT2D eigenvalue weighted by Crippen LogP contribution is -2.39. The number of carbonyl (C=O) groups is 2. The number of pyridine rings is 1. The second kappa shape index (κ2) is 9.80. The molecule has 0 atom stereocenters. The van der Waals surface area contributed by atoms with Crippen LogP contribution in [0.2, 0.25) is 0 Å². The van der Waals surface area contributed by atoms with E-state index in [4.69, 9.17) is 4.84 Å². The first-order chi connectivity index (χ1) is 13.5. The highest BCUT2D eigenvalue weighted by Gasteiger charge is 2.29. The highest BCUT2D eigenvalue weighted by Crippen LogP contribution is 2.29. The van der Waals surface area contributed by atoms with E-state index in [1.54, 1.807) is 25.3 Å². The molecular formula is C20H26FN3O4. The maximum Gasteiger partial charge on any atom is 0.334 e. The Morgan fingerprint density at radius 1 is 1.32 bits per heavy atom. The number of hydrogen-bond acceptors (Lipinski definition) is 6. The Labute approximate surface area is 164 Å². The van der Waals surface area contributed by atoms with Gasteiger partial charge in [0.25, 0.3) is 5.91 Å². The standard InChI is InChI=1S/C18H18FN3O4.C2H6.H2/c1-11-3-4-14(13(19)7-11)21-15-9-20-8-12-5-6-22(18(24)17(12)15)26-10-16(23)25-2;1-2;/h3-4,7-9,21H,5-6,10H2,1-2H3;1-2H3;1H. The minimum absolute atomic E-state index is 0. The lowest BCUT2D eigenvalue weighted by Gasteiger charge is -2.28.